The zero-order valence-electron chi connectivity index (χ0n) is 27.9. The van der Waals surface area contributed by atoms with E-state index >= 15 is 0 Å². The highest BCUT2D eigenvalue weighted by Crippen LogP contribution is 2.16. The first-order valence-corrected chi connectivity index (χ1v) is 18.6. The van der Waals surface area contributed by atoms with Crippen molar-refractivity contribution in [2.45, 2.75) is 219 Å². The van der Waals surface area contributed by atoms with E-state index in [1.54, 1.807) is 0 Å². The van der Waals surface area contributed by atoms with Crippen LogP contribution < -0.4 is 0 Å². The number of carbonyl (C=O) groups is 1. The van der Waals surface area contributed by atoms with Gasteiger partial charge in [-0.2, -0.15) is 0 Å². The predicted octanol–water partition coefficient (Wildman–Crippen LogP) is 13.6. The summed E-state index contributed by atoms with van der Waals surface area (Å²) >= 11 is 0. The quantitative estimate of drug-likeness (QED) is 0.0443. The molecule has 0 bridgehead atoms. The van der Waals surface area contributed by atoms with E-state index in [4.69, 9.17) is 4.74 Å². The highest BCUT2D eigenvalue weighted by molar-refractivity contribution is 5.87. The van der Waals surface area contributed by atoms with Gasteiger partial charge in [-0.05, 0) is 19.3 Å². The van der Waals surface area contributed by atoms with Crippen LogP contribution in [0.15, 0.2) is 12.2 Å². The summed E-state index contributed by atoms with van der Waals surface area (Å²) in [6.07, 6.45) is 43.1. The summed E-state index contributed by atoms with van der Waals surface area (Å²) in [5.41, 5.74) is 0.673. The van der Waals surface area contributed by atoms with Crippen LogP contribution in [-0.4, -0.2) is 12.6 Å². The third-order valence-electron chi connectivity index (χ3n) is 8.60. The lowest BCUT2D eigenvalue weighted by Gasteiger charge is -2.07. The van der Waals surface area contributed by atoms with E-state index in [-0.39, 0.29) is 5.97 Å². The van der Waals surface area contributed by atoms with E-state index in [1.807, 2.05) is 0 Å². The number of hydrogen-bond acceptors (Lipinski definition) is 2. The van der Waals surface area contributed by atoms with Crippen LogP contribution in [0.1, 0.15) is 219 Å². The minimum Gasteiger partial charge on any atom is -0.462 e. The molecule has 0 aliphatic rings. The molecule has 238 valence electrons. The Morgan fingerprint density at radius 3 is 0.950 bits per heavy atom. The van der Waals surface area contributed by atoms with Gasteiger partial charge < -0.3 is 4.74 Å². The molecule has 0 saturated carbocycles. The third kappa shape index (κ3) is 31.7. The number of unbranched alkanes of at least 4 members (excludes halogenated alkanes) is 29. The van der Waals surface area contributed by atoms with Gasteiger partial charge in [0.2, 0.25) is 0 Å². The van der Waals surface area contributed by atoms with Crippen molar-refractivity contribution in [2.75, 3.05) is 6.61 Å². The number of rotatable bonds is 34. The predicted molar refractivity (Wildman–Crippen MR) is 179 cm³/mol. The lowest BCUT2D eigenvalue weighted by Crippen LogP contribution is -2.08. The van der Waals surface area contributed by atoms with Crippen molar-refractivity contribution in [2.24, 2.45) is 0 Å². The average Bonchev–Trinajstić information content (AvgIpc) is 2.96. The Kier molecular flexibility index (Phi) is 33.7. The van der Waals surface area contributed by atoms with E-state index in [9.17, 15) is 4.79 Å². The van der Waals surface area contributed by atoms with Crippen LogP contribution in [0.4, 0.5) is 0 Å². The van der Waals surface area contributed by atoms with Crippen molar-refractivity contribution >= 4 is 5.97 Å². The van der Waals surface area contributed by atoms with Gasteiger partial charge in [0.05, 0.1) is 6.61 Å². The lowest BCUT2D eigenvalue weighted by atomic mass is 10.0. The highest BCUT2D eigenvalue weighted by Gasteiger charge is 2.08. The fourth-order valence-electron chi connectivity index (χ4n) is 5.73. The molecule has 0 unspecified atom stereocenters. The maximum atomic E-state index is 12.2. The Balaban J connectivity index is 3.27. The molecular formula is C38H74O2. The Hall–Kier alpha value is -0.790. The second kappa shape index (κ2) is 34.4. The largest absolute Gasteiger partial charge is 0.462 e. The van der Waals surface area contributed by atoms with Gasteiger partial charge in [-0.1, -0.05) is 207 Å². The summed E-state index contributed by atoms with van der Waals surface area (Å²) in [4.78, 5) is 12.2. The van der Waals surface area contributed by atoms with Gasteiger partial charge in [0.15, 0.2) is 0 Å². The second-order valence-corrected chi connectivity index (χ2v) is 12.7. The number of ether oxygens (including phenoxy) is 1. The molecule has 0 atom stereocenters. The summed E-state index contributed by atoms with van der Waals surface area (Å²) in [7, 11) is 0. The van der Waals surface area contributed by atoms with Crippen molar-refractivity contribution in [3.05, 3.63) is 12.2 Å². The molecule has 0 aliphatic heterocycles. The van der Waals surface area contributed by atoms with Crippen molar-refractivity contribution in [1.82, 2.24) is 0 Å². The summed E-state index contributed by atoms with van der Waals surface area (Å²) in [6, 6.07) is 0. The molecule has 2 nitrogen and oxygen atoms in total. The van der Waals surface area contributed by atoms with Crippen molar-refractivity contribution in [3.8, 4) is 0 Å². The van der Waals surface area contributed by atoms with Crippen molar-refractivity contribution in [1.29, 1.82) is 0 Å². The summed E-state index contributed by atoms with van der Waals surface area (Å²) in [5, 5.41) is 0. The summed E-state index contributed by atoms with van der Waals surface area (Å²) < 4.78 is 5.46. The molecule has 0 saturated heterocycles. The van der Waals surface area contributed by atoms with Crippen LogP contribution in [-0.2, 0) is 9.53 Å². The topological polar surface area (TPSA) is 26.3 Å². The van der Waals surface area contributed by atoms with E-state index in [1.165, 1.54) is 186 Å². The summed E-state index contributed by atoms with van der Waals surface area (Å²) in [6.45, 7) is 9.12. The third-order valence-corrected chi connectivity index (χ3v) is 8.60. The van der Waals surface area contributed by atoms with Gasteiger partial charge in [0, 0.05) is 5.57 Å². The van der Waals surface area contributed by atoms with Crippen molar-refractivity contribution in [3.63, 3.8) is 0 Å². The van der Waals surface area contributed by atoms with Gasteiger partial charge in [-0.3, -0.25) is 0 Å². The Bertz CT molecular complexity index is 512. The maximum absolute atomic E-state index is 12.2. The standard InChI is InChI=1S/C38H74O2/c1-4-6-8-10-12-14-16-18-20-21-22-23-25-27-29-31-33-35-37(3)38(39)40-36-34-32-30-28-26-24-19-17-15-13-11-9-7-5-2/h3-36H2,1-2H3. The zero-order valence-corrected chi connectivity index (χ0v) is 27.9. The fourth-order valence-corrected chi connectivity index (χ4v) is 5.73. The smallest absolute Gasteiger partial charge is 0.333 e. The molecule has 40 heavy (non-hydrogen) atoms. The molecule has 0 amide bonds. The zero-order chi connectivity index (χ0) is 29.2. The van der Waals surface area contributed by atoms with Gasteiger partial charge in [0.25, 0.3) is 0 Å². The molecule has 0 fully saturated rings. The van der Waals surface area contributed by atoms with Gasteiger partial charge in [-0.25, -0.2) is 4.79 Å². The van der Waals surface area contributed by atoms with E-state index in [0.29, 0.717) is 12.2 Å². The van der Waals surface area contributed by atoms with Crippen LogP contribution in [0.2, 0.25) is 0 Å². The Morgan fingerprint density at radius 1 is 0.400 bits per heavy atom. The molecule has 0 aliphatic carbocycles. The number of hydrogen-bond donors (Lipinski definition) is 0. The van der Waals surface area contributed by atoms with Gasteiger partial charge >= 0.3 is 5.97 Å². The molecule has 0 aromatic carbocycles. The minimum atomic E-state index is -0.161. The molecular weight excluding hydrogens is 488 g/mol. The first kappa shape index (κ1) is 39.2. The number of carbonyl (C=O) groups excluding carboxylic acids is 1. The molecule has 0 aromatic rings. The number of esters is 1. The van der Waals surface area contributed by atoms with Gasteiger partial charge in [-0.15, -0.1) is 0 Å². The SMILES string of the molecule is C=C(CCCCCCCCCCCCCCCCCCC)C(=O)OCCCCCCCCCCCCCCCC. The fraction of sp³-hybridized carbons (Fsp3) is 0.921. The lowest BCUT2D eigenvalue weighted by molar-refractivity contribution is -0.139. The van der Waals surface area contributed by atoms with Crippen LogP contribution in [0.25, 0.3) is 0 Å². The molecule has 0 spiro atoms. The molecule has 0 radical (unpaired) electrons. The van der Waals surface area contributed by atoms with E-state index in [2.05, 4.69) is 20.4 Å². The Morgan fingerprint density at radius 2 is 0.650 bits per heavy atom. The van der Waals surface area contributed by atoms with E-state index < -0.39 is 0 Å². The average molecular weight is 563 g/mol. The first-order valence-electron chi connectivity index (χ1n) is 18.6. The molecule has 0 aromatic heterocycles. The highest BCUT2D eigenvalue weighted by atomic mass is 16.5. The van der Waals surface area contributed by atoms with Crippen LogP contribution in [0.3, 0.4) is 0 Å². The normalized spacial score (nSPS) is 11.2. The minimum absolute atomic E-state index is 0.161. The second-order valence-electron chi connectivity index (χ2n) is 12.7. The monoisotopic (exact) mass is 563 g/mol. The molecule has 0 rings (SSSR count). The van der Waals surface area contributed by atoms with Gasteiger partial charge in [0.1, 0.15) is 0 Å². The molecule has 0 N–H and O–H groups in total. The first-order chi connectivity index (χ1) is 19.7. The summed E-state index contributed by atoms with van der Waals surface area (Å²) in [5.74, 6) is -0.161. The van der Waals surface area contributed by atoms with Crippen LogP contribution >= 0.6 is 0 Å². The molecule has 2 heteroatoms. The van der Waals surface area contributed by atoms with Crippen LogP contribution in [0.5, 0.6) is 0 Å². The van der Waals surface area contributed by atoms with Crippen molar-refractivity contribution < 1.29 is 9.53 Å². The molecule has 0 heterocycles. The van der Waals surface area contributed by atoms with E-state index in [0.717, 1.165) is 19.3 Å². The maximum Gasteiger partial charge on any atom is 0.333 e. The Labute approximate surface area is 253 Å². The van der Waals surface area contributed by atoms with Crippen LogP contribution in [0, 0.1) is 0 Å².